The Morgan fingerprint density at radius 2 is 1.85 bits per heavy atom. The number of carbonyl (C=O) groups is 2. The molecular formula is C23H24N4O5S. The number of esters is 1. The number of ether oxygens (including phenoxy) is 1. The van der Waals surface area contributed by atoms with Gasteiger partial charge in [0.25, 0.3) is 0 Å². The second kappa shape index (κ2) is 8.78. The lowest BCUT2D eigenvalue weighted by Crippen LogP contribution is -2.30. The molecule has 0 amide bonds. The third-order valence-electron chi connectivity index (χ3n) is 5.50. The highest BCUT2D eigenvalue weighted by atomic mass is 32.2. The number of rotatable bonds is 7. The predicted octanol–water partition coefficient (Wildman–Crippen LogP) is 2.64. The number of benzene rings is 1. The lowest BCUT2D eigenvalue weighted by atomic mass is 10.1. The third kappa shape index (κ3) is 4.51. The van der Waals surface area contributed by atoms with Gasteiger partial charge in [0.15, 0.2) is 18.2 Å². The Hall–Kier alpha value is -3.53. The molecule has 1 aliphatic heterocycles. The first-order valence-corrected chi connectivity index (χ1v) is 12.1. The summed E-state index contributed by atoms with van der Waals surface area (Å²) in [6.45, 7) is 5.33. The average molecular weight is 469 g/mol. The Kier molecular flexibility index (Phi) is 6.03. The molecule has 0 aliphatic carbocycles. The number of fused-ring (bicyclic) bond motifs is 1. The zero-order valence-corrected chi connectivity index (χ0v) is 19.4. The van der Waals surface area contributed by atoms with Gasteiger partial charge in [-0.05, 0) is 69.2 Å². The van der Waals surface area contributed by atoms with Crippen LogP contribution in [0.25, 0.3) is 5.82 Å². The molecule has 0 N–H and O–H groups in total. The summed E-state index contributed by atoms with van der Waals surface area (Å²) >= 11 is 0. The first kappa shape index (κ1) is 22.7. The van der Waals surface area contributed by atoms with Crippen molar-refractivity contribution in [3.05, 3.63) is 70.7 Å². The lowest BCUT2D eigenvalue weighted by Gasteiger charge is -2.18. The number of sulfonamides is 1. The second-order valence-corrected chi connectivity index (χ2v) is 9.99. The van der Waals surface area contributed by atoms with Gasteiger partial charge in [-0.1, -0.05) is 0 Å². The molecule has 1 aliphatic rings. The Labute approximate surface area is 192 Å². The fourth-order valence-electron chi connectivity index (χ4n) is 3.78. The summed E-state index contributed by atoms with van der Waals surface area (Å²) in [7, 11) is -3.35. The molecule has 172 valence electrons. The summed E-state index contributed by atoms with van der Waals surface area (Å²) in [5.74, 6) is -0.432. The maximum absolute atomic E-state index is 12.6. The van der Waals surface area contributed by atoms with Crippen LogP contribution in [0.1, 0.15) is 44.6 Å². The van der Waals surface area contributed by atoms with Crippen LogP contribution in [0.4, 0.5) is 5.69 Å². The number of carbonyl (C=O) groups excluding carboxylic acids is 2. The summed E-state index contributed by atoms with van der Waals surface area (Å²) in [5, 5.41) is 4.35. The van der Waals surface area contributed by atoms with Gasteiger partial charge in [0.2, 0.25) is 10.0 Å². The molecule has 0 saturated heterocycles. The van der Waals surface area contributed by atoms with E-state index < -0.39 is 22.6 Å². The van der Waals surface area contributed by atoms with Gasteiger partial charge in [-0.25, -0.2) is 22.9 Å². The van der Waals surface area contributed by atoms with Crippen LogP contribution in [-0.2, 0) is 21.2 Å². The van der Waals surface area contributed by atoms with E-state index in [1.807, 2.05) is 19.9 Å². The molecular weight excluding hydrogens is 444 g/mol. The van der Waals surface area contributed by atoms with Crippen molar-refractivity contribution in [1.82, 2.24) is 14.8 Å². The van der Waals surface area contributed by atoms with Gasteiger partial charge in [0, 0.05) is 24.0 Å². The van der Waals surface area contributed by atoms with Gasteiger partial charge < -0.3 is 4.74 Å². The lowest BCUT2D eigenvalue weighted by molar-refractivity contribution is 0.0474. The van der Waals surface area contributed by atoms with Gasteiger partial charge in [0.1, 0.15) is 0 Å². The molecule has 10 heteroatoms. The van der Waals surface area contributed by atoms with Crippen molar-refractivity contribution in [2.75, 3.05) is 23.2 Å². The summed E-state index contributed by atoms with van der Waals surface area (Å²) in [4.78, 5) is 29.2. The summed E-state index contributed by atoms with van der Waals surface area (Å²) < 4.78 is 32.6. The van der Waals surface area contributed by atoms with Crippen LogP contribution in [0.5, 0.6) is 0 Å². The number of Topliss-reactive ketones (excluding diaryl/α,β-unsaturated/α-hetero) is 1. The molecule has 0 atom stereocenters. The molecule has 3 aromatic rings. The SMILES string of the molecule is CCS(=O)(=O)N1CCc2cc(C(=O)COC(=O)c3ccc(-n4nc(C)cc4C)nc3)ccc21. The molecule has 0 unspecified atom stereocenters. The van der Waals surface area contributed by atoms with Crippen LogP contribution in [0.3, 0.4) is 0 Å². The number of nitrogens with zero attached hydrogens (tertiary/aromatic N) is 4. The van der Waals surface area contributed by atoms with Crippen molar-refractivity contribution in [2.24, 2.45) is 0 Å². The van der Waals surface area contributed by atoms with Gasteiger partial charge in [-0.3, -0.25) is 9.10 Å². The summed E-state index contributed by atoms with van der Waals surface area (Å²) in [6.07, 6.45) is 1.92. The minimum Gasteiger partial charge on any atom is -0.454 e. The van der Waals surface area contributed by atoms with Crippen LogP contribution in [0.15, 0.2) is 42.6 Å². The Morgan fingerprint density at radius 1 is 1.09 bits per heavy atom. The van der Waals surface area contributed by atoms with Crippen LogP contribution in [-0.4, -0.2) is 53.8 Å². The van der Waals surface area contributed by atoms with Gasteiger partial charge in [0.05, 0.1) is 22.7 Å². The topological polar surface area (TPSA) is 111 Å². The van der Waals surface area contributed by atoms with Crippen molar-refractivity contribution in [1.29, 1.82) is 0 Å². The molecule has 3 heterocycles. The van der Waals surface area contributed by atoms with Gasteiger partial charge >= 0.3 is 5.97 Å². The standard InChI is InChI=1S/C23H24N4O5S/c1-4-33(30,31)26-10-9-17-12-18(5-7-20(17)26)21(28)14-32-23(29)19-6-8-22(24-13-19)27-16(3)11-15(2)25-27/h5-8,11-13H,4,9-10,14H2,1-3H3. The van der Waals surface area contributed by atoms with Crippen LogP contribution >= 0.6 is 0 Å². The molecule has 33 heavy (non-hydrogen) atoms. The molecule has 1 aromatic carbocycles. The minimum absolute atomic E-state index is 0.0140. The molecule has 2 aromatic heterocycles. The Bertz CT molecular complexity index is 1330. The van der Waals surface area contributed by atoms with Crippen molar-refractivity contribution < 1.29 is 22.7 Å². The third-order valence-corrected chi connectivity index (χ3v) is 7.28. The highest BCUT2D eigenvalue weighted by molar-refractivity contribution is 7.92. The number of aryl methyl sites for hydroxylation is 2. The average Bonchev–Trinajstić information content (AvgIpc) is 3.39. The van der Waals surface area contributed by atoms with E-state index in [-0.39, 0.29) is 17.1 Å². The summed E-state index contributed by atoms with van der Waals surface area (Å²) in [6, 6.07) is 10.0. The van der Waals surface area contributed by atoms with E-state index in [0.29, 0.717) is 30.0 Å². The first-order valence-electron chi connectivity index (χ1n) is 10.5. The molecule has 0 fully saturated rings. The maximum Gasteiger partial charge on any atom is 0.340 e. The fourth-order valence-corrected chi connectivity index (χ4v) is 4.94. The largest absolute Gasteiger partial charge is 0.454 e. The van der Waals surface area contributed by atoms with Gasteiger partial charge in [-0.15, -0.1) is 0 Å². The fraction of sp³-hybridized carbons (Fsp3) is 0.304. The van der Waals surface area contributed by atoms with E-state index in [1.54, 1.807) is 41.9 Å². The van der Waals surface area contributed by atoms with E-state index in [9.17, 15) is 18.0 Å². The monoisotopic (exact) mass is 468 g/mol. The van der Waals surface area contributed by atoms with Crippen LogP contribution in [0, 0.1) is 13.8 Å². The number of hydrogen-bond donors (Lipinski definition) is 0. The molecule has 0 spiro atoms. The Balaban J connectivity index is 1.40. The van der Waals surface area contributed by atoms with E-state index in [0.717, 1.165) is 17.0 Å². The van der Waals surface area contributed by atoms with Crippen molar-refractivity contribution in [3.63, 3.8) is 0 Å². The van der Waals surface area contributed by atoms with Crippen molar-refractivity contribution in [3.8, 4) is 5.82 Å². The zero-order chi connectivity index (χ0) is 23.8. The normalized spacial score (nSPS) is 13.1. The predicted molar refractivity (Wildman–Crippen MR) is 122 cm³/mol. The summed E-state index contributed by atoms with van der Waals surface area (Å²) in [5.41, 5.74) is 3.76. The van der Waals surface area contributed by atoms with Crippen LogP contribution in [0.2, 0.25) is 0 Å². The van der Waals surface area contributed by atoms with Crippen molar-refractivity contribution >= 4 is 27.5 Å². The van der Waals surface area contributed by atoms with Gasteiger partial charge in [-0.2, -0.15) is 5.10 Å². The number of pyridine rings is 1. The second-order valence-electron chi connectivity index (χ2n) is 7.81. The molecule has 9 nitrogen and oxygen atoms in total. The number of anilines is 1. The molecule has 0 bridgehead atoms. The first-order chi connectivity index (χ1) is 15.7. The van der Waals surface area contributed by atoms with E-state index in [2.05, 4.69) is 10.1 Å². The maximum atomic E-state index is 12.6. The van der Waals surface area contributed by atoms with E-state index in [1.165, 1.54) is 10.5 Å². The van der Waals surface area contributed by atoms with E-state index >= 15 is 0 Å². The highest BCUT2D eigenvalue weighted by Crippen LogP contribution is 2.31. The molecule has 0 saturated carbocycles. The zero-order valence-electron chi connectivity index (χ0n) is 18.6. The molecule has 0 radical (unpaired) electrons. The minimum atomic E-state index is -3.35. The van der Waals surface area contributed by atoms with E-state index in [4.69, 9.17) is 4.74 Å². The smallest absolute Gasteiger partial charge is 0.340 e. The highest BCUT2D eigenvalue weighted by Gasteiger charge is 2.28. The van der Waals surface area contributed by atoms with Crippen LogP contribution < -0.4 is 4.31 Å². The quantitative estimate of drug-likeness (QED) is 0.387. The Morgan fingerprint density at radius 3 is 2.48 bits per heavy atom. The molecule has 4 rings (SSSR count). The number of aromatic nitrogens is 3. The number of ketones is 1. The van der Waals surface area contributed by atoms with Crippen molar-refractivity contribution in [2.45, 2.75) is 27.2 Å². The number of hydrogen-bond acceptors (Lipinski definition) is 7.